The number of fused-ring (bicyclic) bond motifs is 2. The Labute approximate surface area is 190 Å². The number of likely N-dealkylation sites (tertiary alicyclic amines) is 1. The third-order valence-corrected chi connectivity index (χ3v) is 7.65. The summed E-state index contributed by atoms with van der Waals surface area (Å²) in [7, 11) is 0. The topological polar surface area (TPSA) is 65.5 Å². The number of pyridine rings is 1. The highest BCUT2D eigenvalue weighted by atomic mass is 16.2. The summed E-state index contributed by atoms with van der Waals surface area (Å²) in [6, 6.07) is 8.56. The quantitative estimate of drug-likeness (QED) is 0.769. The lowest BCUT2D eigenvalue weighted by Crippen LogP contribution is -2.42. The lowest BCUT2D eigenvalue weighted by atomic mass is 9.94. The van der Waals surface area contributed by atoms with E-state index in [4.69, 9.17) is 4.98 Å². The first kappa shape index (κ1) is 21.4. The van der Waals surface area contributed by atoms with Gasteiger partial charge in [-0.1, -0.05) is 43.9 Å². The second kappa shape index (κ2) is 9.18. The molecule has 5 rings (SSSR count). The molecule has 0 unspecified atom stereocenters. The number of rotatable bonds is 5. The maximum absolute atomic E-state index is 13.4. The van der Waals surface area contributed by atoms with Gasteiger partial charge in [-0.05, 0) is 45.2 Å². The Morgan fingerprint density at radius 3 is 2.69 bits per heavy atom. The van der Waals surface area contributed by atoms with Crippen LogP contribution in [-0.4, -0.2) is 58.3 Å². The molecule has 3 aliphatic rings. The lowest BCUT2D eigenvalue weighted by Gasteiger charge is -2.33. The standard InChI is InChI=1S/C26H34N4O2/c1-18-9-7-8-15-29(18)16-14-27-25(31)23-20-12-5-6-13-22(20)28-24-21(23)17-30(26(24)32)19-10-3-2-4-11-19/h5-6,12-13,18-19H,2-4,7-11,14-17H2,1H3,(H,27,31)/t18-/m0/s1. The van der Waals surface area contributed by atoms with Crippen LogP contribution >= 0.6 is 0 Å². The third kappa shape index (κ3) is 4.01. The molecule has 3 heterocycles. The van der Waals surface area contributed by atoms with Crippen LogP contribution in [0.3, 0.4) is 0 Å². The number of benzene rings is 1. The van der Waals surface area contributed by atoms with Crippen molar-refractivity contribution in [2.75, 3.05) is 19.6 Å². The van der Waals surface area contributed by atoms with E-state index in [0.717, 1.165) is 42.4 Å². The molecule has 1 aliphatic carbocycles. The van der Waals surface area contributed by atoms with Crippen LogP contribution < -0.4 is 5.32 Å². The van der Waals surface area contributed by atoms with Gasteiger partial charge in [0.05, 0.1) is 11.1 Å². The van der Waals surface area contributed by atoms with Gasteiger partial charge in [-0.25, -0.2) is 4.98 Å². The second-order valence-electron chi connectivity index (χ2n) is 9.69. The number of amides is 2. The van der Waals surface area contributed by atoms with E-state index in [1.165, 1.54) is 38.5 Å². The van der Waals surface area contributed by atoms with Gasteiger partial charge < -0.3 is 10.2 Å². The van der Waals surface area contributed by atoms with Crippen molar-refractivity contribution >= 4 is 22.7 Å². The van der Waals surface area contributed by atoms with Gasteiger partial charge in [0.2, 0.25) is 0 Å². The summed E-state index contributed by atoms with van der Waals surface area (Å²) >= 11 is 0. The van der Waals surface area contributed by atoms with Crippen LogP contribution in [0.15, 0.2) is 24.3 Å². The van der Waals surface area contributed by atoms with E-state index in [1.807, 2.05) is 29.2 Å². The second-order valence-corrected chi connectivity index (χ2v) is 9.69. The fourth-order valence-electron chi connectivity index (χ4n) is 5.80. The Balaban J connectivity index is 1.40. The van der Waals surface area contributed by atoms with Crippen molar-refractivity contribution in [3.8, 4) is 0 Å². The maximum Gasteiger partial charge on any atom is 0.273 e. The fourth-order valence-corrected chi connectivity index (χ4v) is 5.80. The summed E-state index contributed by atoms with van der Waals surface area (Å²) in [6.07, 6.45) is 9.45. The molecule has 170 valence electrons. The highest BCUT2D eigenvalue weighted by Crippen LogP contribution is 2.34. The minimum Gasteiger partial charge on any atom is -0.351 e. The third-order valence-electron chi connectivity index (χ3n) is 7.65. The monoisotopic (exact) mass is 434 g/mol. The Morgan fingerprint density at radius 1 is 1.09 bits per heavy atom. The zero-order chi connectivity index (χ0) is 22.1. The molecule has 6 nitrogen and oxygen atoms in total. The number of para-hydroxylation sites is 1. The molecule has 2 amide bonds. The predicted octanol–water partition coefficient (Wildman–Crippen LogP) is 4.13. The van der Waals surface area contributed by atoms with Crippen molar-refractivity contribution in [3.63, 3.8) is 0 Å². The molecule has 1 aromatic carbocycles. The lowest BCUT2D eigenvalue weighted by molar-refractivity contribution is 0.0655. The van der Waals surface area contributed by atoms with E-state index in [0.29, 0.717) is 30.4 Å². The molecule has 6 heteroatoms. The average molecular weight is 435 g/mol. The summed E-state index contributed by atoms with van der Waals surface area (Å²) in [6.45, 7) is 5.37. The molecule has 1 aromatic heterocycles. The van der Waals surface area contributed by atoms with Crippen molar-refractivity contribution in [2.45, 2.75) is 76.9 Å². The molecule has 1 saturated heterocycles. The van der Waals surface area contributed by atoms with E-state index in [1.54, 1.807) is 0 Å². The Hall–Kier alpha value is -2.47. The van der Waals surface area contributed by atoms with Gasteiger partial charge in [0.15, 0.2) is 0 Å². The maximum atomic E-state index is 13.4. The molecule has 1 atom stereocenters. The van der Waals surface area contributed by atoms with E-state index in [2.05, 4.69) is 17.1 Å². The van der Waals surface area contributed by atoms with E-state index < -0.39 is 0 Å². The zero-order valence-corrected chi connectivity index (χ0v) is 19.1. The number of carbonyl (C=O) groups excluding carboxylic acids is 2. The molecule has 0 bridgehead atoms. The largest absolute Gasteiger partial charge is 0.351 e. The summed E-state index contributed by atoms with van der Waals surface area (Å²) in [5.41, 5.74) is 2.65. The molecule has 2 aliphatic heterocycles. The van der Waals surface area contributed by atoms with Crippen molar-refractivity contribution in [1.29, 1.82) is 0 Å². The number of carbonyl (C=O) groups is 2. The minimum absolute atomic E-state index is 0.00570. The number of piperidine rings is 1. The Morgan fingerprint density at radius 2 is 1.88 bits per heavy atom. The minimum atomic E-state index is -0.0807. The van der Waals surface area contributed by atoms with Crippen molar-refractivity contribution < 1.29 is 9.59 Å². The number of nitrogens with zero attached hydrogens (tertiary/aromatic N) is 3. The van der Waals surface area contributed by atoms with Gasteiger partial charge in [0, 0.05) is 42.7 Å². The Kier molecular flexibility index (Phi) is 6.13. The number of nitrogens with one attached hydrogen (secondary N) is 1. The number of aromatic nitrogens is 1. The van der Waals surface area contributed by atoms with E-state index in [-0.39, 0.29) is 17.9 Å². The molecular formula is C26H34N4O2. The van der Waals surface area contributed by atoms with Crippen LogP contribution in [0.1, 0.15) is 84.7 Å². The van der Waals surface area contributed by atoms with Crippen LogP contribution in [-0.2, 0) is 6.54 Å². The van der Waals surface area contributed by atoms with Gasteiger partial charge >= 0.3 is 0 Å². The van der Waals surface area contributed by atoms with Crippen molar-refractivity contribution in [2.24, 2.45) is 0 Å². The number of hydrogen-bond donors (Lipinski definition) is 1. The van der Waals surface area contributed by atoms with Gasteiger partial charge in [0.25, 0.3) is 11.8 Å². The SMILES string of the molecule is C[C@H]1CCCCN1CCNC(=O)c1c2c(nc3ccccc13)C(=O)N(C1CCCCC1)C2. The van der Waals surface area contributed by atoms with Crippen LogP contribution in [0.25, 0.3) is 10.9 Å². The Bertz CT molecular complexity index is 1010. The summed E-state index contributed by atoms with van der Waals surface area (Å²) in [5.74, 6) is -0.0864. The van der Waals surface area contributed by atoms with E-state index in [9.17, 15) is 9.59 Å². The highest BCUT2D eigenvalue weighted by molar-refractivity contribution is 6.11. The zero-order valence-electron chi connectivity index (χ0n) is 19.1. The first-order valence-corrected chi connectivity index (χ1v) is 12.4. The van der Waals surface area contributed by atoms with Crippen LogP contribution in [0, 0.1) is 0 Å². The average Bonchev–Trinajstić information content (AvgIpc) is 3.15. The first-order chi connectivity index (χ1) is 15.6. The molecular weight excluding hydrogens is 400 g/mol. The molecule has 1 N–H and O–H groups in total. The molecule has 2 aromatic rings. The van der Waals surface area contributed by atoms with Crippen LogP contribution in [0.5, 0.6) is 0 Å². The highest BCUT2D eigenvalue weighted by Gasteiger charge is 2.38. The van der Waals surface area contributed by atoms with Gasteiger partial charge in [-0.2, -0.15) is 0 Å². The summed E-state index contributed by atoms with van der Waals surface area (Å²) < 4.78 is 0. The summed E-state index contributed by atoms with van der Waals surface area (Å²) in [5, 5.41) is 4.00. The van der Waals surface area contributed by atoms with Gasteiger partial charge in [-0.15, -0.1) is 0 Å². The van der Waals surface area contributed by atoms with Crippen molar-refractivity contribution in [3.05, 3.63) is 41.1 Å². The molecule has 0 radical (unpaired) electrons. The normalized spacial score (nSPS) is 22.3. The summed E-state index contributed by atoms with van der Waals surface area (Å²) in [4.78, 5) is 35.9. The molecule has 1 saturated carbocycles. The van der Waals surface area contributed by atoms with Gasteiger partial charge in [0.1, 0.15) is 5.69 Å². The predicted molar refractivity (Wildman–Crippen MR) is 126 cm³/mol. The fraction of sp³-hybridized carbons (Fsp3) is 0.577. The van der Waals surface area contributed by atoms with Crippen LogP contribution in [0.2, 0.25) is 0 Å². The molecule has 2 fully saturated rings. The van der Waals surface area contributed by atoms with E-state index >= 15 is 0 Å². The smallest absolute Gasteiger partial charge is 0.273 e. The number of hydrogen-bond acceptors (Lipinski definition) is 4. The molecule has 0 spiro atoms. The van der Waals surface area contributed by atoms with Gasteiger partial charge in [-0.3, -0.25) is 14.5 Å². The van der Waals surface area contributed by atoms with Crippen LogP contribution in [0.4, 0.5) is 0 Å². The van der Waals surface area contributed by atoms with Crippen molar-refractivity contribution in [1.82, 2.24) is 20.1 Å². The first-order valence-electron chi connectivity index (χ1n) is 12.4. The molecule has 32 heavy (non-hydrogen) atoms.